The number of carbonyl (C=O) groups excluding carboxylic acids is 1. The molecule has 22 heavy (non-hydrogen) atoms. The molecule has 1 aliphatic heterocycles. The number of ether oxygens (including phenoxy) is 1. The molecule has 0 aromatic heterocycles. The number of carbonyl (C=O) groups is 1. The van der Waals surface area contributed by atoms with Crippen LogP contribution in [0.15, 0.2) is 0 Å². The minimum absolute atomic E-state index is 0. The molecule has 0 aromatic rings. The lowest BCUT2D eigenvalue weighted by molar-refractivity contribution is -0.334. The monoisotopic (exact) mass is 358 g/mol. The highest BCUT2D eigenvalue weighted by molar-refractivity contribution is 5.85. The van der Waals surface area contributed by atoms with Crippen LogP contribution >= 0.6 is 12.4 Å². The molecule has 11 heteroatoms. The van der Waals surface area contributed by atoms with Crippen molar-refractivity contribution < 1.29 is 35.9 Å². The van der Waals surface area contributed by atoms with Gasteiger partial charge in [-0.2, -0.15) is 26.3 Å². The van der Waals surface area contributed by atoms with Crippen LogP contribution in [0.4, 0.5) is 26.3 Å². The van der Waals surface area contributed by atoms with Gasteiger partial charge in [-0.25, -0.2) is 0 Å². The highest BCUT2D eigenvalue weighted by Crippen LogP contribution is 2.55. The summed E-state index contributed by atoms with van der Waals surface area (Å²) >= 11 is 0. The third-order valence-corrected chi connectivity index (χ3v) is 3.71. The third kappa shape index (κ3) is 3.96. The van der Waals surface area contributed by atoms with E-state index in [1.807, 2.05) is 0 Å². The number of methoxy groups -OCH3 is 1. The second kappa shape index (κ2) is 7.22. The van der Waals surface area contributed by atoms with Crippen LogP contribution in [0.25, 0.3) is 0 Å². The standard InChI is InChI=1S/C11H16F6N2O2.ClH/c1-21-7(5-18)4-8(20)19-3-2-9(6-19,10(12,13)14)11(15,16)17;/h7H,2-6,18H2,1H3;1H. The molecule has 1 fully saturated rings. The zero-order valence-electron chi connectivity index (χ0n) is 11.6. The summed E-state index contributed by atoms with van der Waals surface area (Å²) in [6, 6.07) is 0. The molecule has 1 aliphatic rings. The molecule has 132 valence electrons. The number of nitrogens with two attached hydrogens (primary N) is 1. The summed E-state index contributed by atoms with van der Waals surface area (Å²) in [5, 5.41) is 0. The van der Waals surface area contributed by atoms with Crippen molar-refractivity contribution >= 4 is 18.3 Å². The molecule has 0 saturated carbocycles. The van der Waals surface area contributed by atoms with Gasteiger partial charge < -0.3 is 15.4 Å². The van der Waals surface area contributed by atoms with Crippen LogP contribution in [0.5, 0.6) is 0 Å². The largest absolute Gasteiger partial charge is 0.404 e. The van der Waals surface area contributed by atoms with Gasteiger partial charge in [-0.05, 0) is 6.42 Å². The quantitative estimate of drug-likeness (QED) is 0.783. The zero-order chi connectivity index (χ0) is 16.5. The van der Waals surface area contributed by atoms with E-state index in [1.54, 1.807) is 0 Å². The van der Waals surface area contributed by atoms with E-state index in [1.165, 1.54) is 7.11 Å². The molecular formula is C11H17ClF6N2O2. The first-order valence-corrected chi connectivity index (χ1v) is 6.12. The highest BCUT2D eigenvalue weighted by Gasteiger charge is 2.72. The zero-order valence-corrected chi connectivity index (χ0v) is 12.4. The molecule has 0 aliphatic carbocycles. The third-order valence-electron chi connectivity index (χ3n) is 3.71. The minimum Gasteiger partial charge on any atom is -0.380 e. The molecule has 0 spiro atoms. The second-order valence-electron chi connectivity index (χ2n) is 4.94. The number of alkyl halides is 6. The van der Waals surface area contributed by atoms with Gasteiger partial charge in [-0.15, -0.1) is 12.4 Å². The van der Waals surface area contributed by atoms with E-state index in [9.17, 15) is 31.1 Å². The first kappa shape index (κ1) is 21.3. The smallest absolute Gasteiger partial charge is 0.380 e. The van der Waals surface area contributed by atoms with E-state index < -0.39 is 49.3 Å². The van der Waals surface area contributed by atoms with Gasteiger partial charge in [-0.1, -0.05) is 0 Å². The van der Waals surface area contributed by atoms with Crippen molar-refractivity contribution in [1.29, 1.82) is 0 Å². The molecule has 1 heterocycles. The van der Waals surface area contributed by atoms with Crippen molar-refractivity contribution in [2.75, 3.05) is 26.7 Å². The summed E-state index contributed by atoms with van der Waals surface area (Å²) < 4.78 is 81.8. The summed E-state index contributed by atoms with van der Waals surface area (Å²) in [7, 11) is 1.25. The van der Waals surface area contributed by atoms with Gasteiger partial charge in [0.2, 0.25) is 5.91 Å². The summed E-state index contributed by atoms with van der Waals surface area (Å²) in [6.45, 7) is -2.07. The van der Waals surface area contributed by atoms with Gasteiger partial charge in [0.15, 0.2) is 5.41 Å². The SMILES string of the molecule is COC(CN)CC(=O)N1CCC(C(F)(F)F)(C(F)(F)F)C1.Cl. The Bertz CT molecular complexity index is 370. The Morgan fingerprint density at radius 3 is 2.09 bits per heavy atom. The van der Waals surface area contributed by atoms with E-state index in [4.69, 9.17) is 10.5 Å². The number of hydrogen-bond donors (Lipinski definition) is 1. The Hall–Kier alpha value is -0.740. The lowest BCUT2D eigenvalue weighted by Crippen LogP contribution is -2.52. The molecule has 1 unspecified atom stereocenters. The average molecular weight is 359 g/mol. The summed E-state index contributed by atoms with van der Waals surface area (Å²) in [5.74, 6) is -0.831. The van der Waals surface area contributed by atoms with Gasteiger partial charge in [0, 0.05) is 26.7 Å². The lowest BCUT2D eigenvalue weighted by atomic mass is 9.85. The van der Waals surface area contributed by atoms with Crippen molar-refractivity contribution in [3.8, 4) is 0 Å². The van der Waals surface area contributed by atoms with Gasteiger partial charge in [-0.3, -0.25) is 4.79 Å². The van der Waals surface area contributed by atoms with E-state index in [0.29, 0.717) is 4.90 Å². The van der Waals surface area contributed by atoms with E-state index in [2.05, 4.69) is 0 Å². The number of amides is 1. The van der Waals surface area contributed by atoms with E-state index in [-0.39, 0.29) is 25.4 Å². The first-order chi connectivity index (χ1) is 9.48. The van der Waals surface area contributed by atoms with Crippen molar-refractivity contribution in [1.82, 2.24) is 4.90 Å². The molecule has 1 saturated heterocycles. The number of nitrogens with zero attached hydrogens (tertiary/aromatic N) is 1. The molecule has 0 bridgehead atoms. The number of likely N-dealkylation sites (tertiary alicyclic amines) is 1. The topological polar surface area (TPSA) is 55.6 Å². The lowest BCUT2D eigenvalue weighted by Gasteiger charge is -2.33. The maximum Gasteiger partial charge on any atom is 0.404 e. The van der Waals surface area contributed by atoms with Crippen LogP contribution in [0.2, 0.25) is 0 Å². The van der Waals surface area contributed by atoms with E-state index >= 15 is 0 Å². The van der Waals surface area contributed by atoms with Crippen LogP contribution in [-0.4, -0.2) is 56.0 Å². The van der Waals surface area contributed by atoms with Gasteiger partial charge in [0.1, 0.15) is 0 Å². The maximum atomic E-state index is 12.8. The Labute approximate surface area is 129 Å². The Morgan fingerprint density at radius 2 is 1.77 bits per heavy atom. The van der Waals surface area contributed by atoms with Gasteiger partial charge >= 0.3 is 12.4 Å². The Morgan fingerprint density at radius 1 is 1.27 bits per heavy atom. The Balaban J connectivity index is 0.00000441. The number of halogens is 7. The van der Waals surface area contributed by atoms with Gasteiger partial charge in [0.05, 0.1) is 12.5 Å². The fourth-order valence-electron chi connectivity index (χ4n) is 2.23. The number of hydrogen-bond acceptors (Lipinski definition) is 3. The molecular weight excluding hydrogens is 342 g/mol. The fourth-order valence-corrected chi connectivity index (χ4v) is 2.23. The maximum absolute atomic E-state index is 12.8. The first-order valence-electron chi connectivity index (χ1n) is 6.12. The van der Waals surface area contributed by atoms with Crippen molar-refractivity contribution in [3.05, 3.63) is 0 Å². The Kier molecular flexibility index (Phi) is 6.98. The van der Waals surface area contributed by atoms with Crippen molar-refractivity contribution in [2.45, 2.75) is 31.3 Å². The molecule has 1 rings (SSSR count). The fraction of sp³-hybridized carbons (Fsp3) is 0.909. The van der Waals surface area contributed by atoms with Gasteiger partial charge in [0.25, 0.3) is 0 Å². The minimum atomic E-state index is -5.46. The summed E-state index contributed by atoms with van der Waals surface area (Å²) in [5.41, 5.74) is 1.41. The number of rotatable bonds is 4. The van der Waals surface area contributed by atoms with E-state index in [0.717, 1.165) is 0 Å². The van der Waals surface area contributed by atoms with Crippen LogP contribution in [0.1, 0.15) is 12.8 Å². The normalized spacial score (nSPS) is 19.7. The summed E-state index contributed by atoms with van der Waals surface area (Å²) in [6.07, 6.45) is -13.2. The molecule has 2 N–H and O–H groups in total. The average Bonchev–Trinajstić information content (AvgIpc) is 2.81. The second-order valence-corrected chi connectivity index (χ2v) is 4.94. The summed E-state index contributed by atoms with van der Waals surface area (Å²) in [4.78, 5) is 12.3. The van der Waals surface area contributed by atoms with Crippen LogP contribution in [0, 0.1) is 5.41 Å². The molecule has 0 radical (unpaired) electrons. The van der Waals surface area contributed by atoms with Crippen molar-refractivity contribution in [3.63, 3.8) is 0 Å². The predicted molar refractivity (Wildman–Crippen MR) is 67.5 cm³/mol. The molecule has 4 nitrogen and oxygen atoms in total. The van der Waals surface area contributed by atoms with Crippen molar-refractivity contribution in [2.24, 2.45) is 11.1 Å². The van der Waals surface area contributed by atoms with Crippen LogP contribution in [-0.2, 0) is 9.53 Å². The highest BCUT2D eigenvalue weighted by atomic mass is 35.5. The molecule has 0 aromatic carbocycles. The molecule has 1 atom stereocenters. The van der Waals surface area contributed by atoms with Crippen LogP contribution < -0.4 is 5.73 Å². The molecule has 1 amide bonds. The van der Waals surface area contributed by atoms with Crippen LogP contribution in [0.3, 0.4) is 0 Å². The predicted octanol–water partition coefficient (Wildman–Crippen LogP) is 2.12.